The molecular weight excluding hydrogens is 238 g/mol. The Bertz CT molecular complexity index is 365. The normalized spacial score (nSPS) is 45.2. The van der Waals surface area contributed by atoms with Crippen LogP contribution in [0.4, 0.5) is 0 Å². The van der Waals surface area contributed by atoms with Crippen molar-refractivity contribution in [2.75, 3.05) is 13.2 Å². The predicted octanol–water partition coefficient (Wildman–Crippen LogP) is 2.34. The van der Waals surface area contributed by atoms with E-state index in [0.717, 1.165) is 31.1 Å². The summed E-state index contributed by atoms with van der Waals surface area (Å²) in [5, 5.41) is 12.2. The average Bonchev–Trinajstić information content (AvgIpc) is 2.32. The molecule has 0 saturated heterocycles. The van der Waals surface area contributed by atoms with E-state index in [0.29, 0.717) is 12.0 Å². The summed E-state index contributed by atoms with van der Waals surface area (Å²) in [5.41, 5.74) is 0.345. The van der Waals surface area contributed by atoms with E-state index in [9.17, 15) is 4.79 Å². The number of aliphatic hydroxyl groups is 1. The van der Waals surface area contributed by atoms with E-state index in [-0.39, 0.29) is 23.8 Å². The third kappa shape index (κ3) is 2.31. The van der Waals surface area contributed by atoms with Gasteiger partial charge in [-0.15, -0.1) is 0 Å². The van der Waals surface area contributed by atoms with E-state index in [2.05, 4.69) is 12.2 Å². The Morgan fingerprint density at radius 3 is 2.47 bits per heavy atom. The van der Waals surface area contributed by atoms with Gasteiger partial charge in [-0.2, -0.15) is 0 Å². The summed E-state index contributed by atoms with van der Waals surface area (Å²) in [6, 6.07) is 0. The number of nitrogens with one attached hydrogen (secondary N) is 1. The zero-order chi connectivity index (χ0) is 13.7. The maximum Gasteiger partial charge on any atom is 0.226 e. The van der Waals surface area contributed by atoms with Gasteiger partial charge in [0.1, 0.15) is 0 Å². The van der Waals surface area contributed by atoms with Gasteiger partial charge < -0.3 is 10.4 Å². The second-order valence-electron chi connectivity index (χ2n) is 8.05. The highest BCUT2D eigenvalue weighted by molar-refractivity contribution is 5.83. The van der Waals surface area contributed by atoms with Gasteiger partial charge in [0.15, 0.2) is 0 Å². The van der Waals surface area contributed by atoms with Crippen molar-refractivity contribution in [2.24, 2.45) is 28.6 Å². The summed E-state index contributed by atoms with van der Waals surface area (Å²) < 4.78 is 0. The van der Waals surface area contributed by atoms with E-state index in [1.807, 2.05) is 6.92 Å². The van der Waals surface area contributed by atoms with E-state index >= 15 is 0 Å². The minimum atomic E-state index is -0.0754. The molecule has 1 amide bonds. The molecule has 3 atom stereocenters. The minimum absolute atomic E-state index is 0.0754. The number of carbonyl (C=O) groups is 1. The summed E-state index contributed by atoms with van der Waals surface area (Å²) in [7, 11) is 0. The van der Waals surface area contributed by atoms with Crippen molar-refractivity contribution >= 4 is 5.91 Å². The molecule has 4 aliphatic carbocycles. The topological polar surface area (TPSA) is 49.3 Å². The predicted molar refractivity (Wildman–Crippen MR) is 74.5 cm³/mol. The number of rotatable bonds is 4. The quantitative estimate of drug-likeness (QED) is 0.819. The van der Waals surface area contributed by atoms with Crippen LogP contribution in [0.2, 0.25) is 0 Å². The Kier molecular flexibility index (Phi) is 3.16. The highest BCUT2D eigenvalue weighted by Crippen LogP contribution is 2.65. The molecule has 3 heteroatoms. The zero-order valence-corrected chi connectivity index (χ0v) is 12.2. The van der Waals surface area contributed by atoms with Crippen molar-refractivity contribution in [2.45, 2.75) is 52.4 Å². The first-order valence-electron chi connectivity index (χ1n) is 7.84. The van der Waals surface area contributed by atoms with Gasteiger partial charge in [-0.1, -0.05) is 13.8 Å². The molecule has 0 spiro atoms. The number of amides is 1. The first kappa shape index (κ1) is 13.4. The third-order valence-corrected chi connectivity index (χ3v) is 5.76. The fourth-order valence-corrected chi connectivity index (χ4v) is 5.51. The first-order valence-corrected chi connectivity index (χ1v) is 7.84. The Hall–Kier alpha value is -0.570. The molecule has 2 N–H and O–H groups in total. The SMILES string of the molecule is CC(CO)CNC(=O)C12CC3CC(CC(C)(C3)C1)C2. The van der Waals surface area contributed by atoms with Crippen LogP contribution in [0.1, 0.15) is 52.4 Å². The molecular formula is C16H27NO2. The van der Waals surface area contributed by atoms with Crippen LogP contribution in [0.15, 0.2) is 0 Å². The Morgan fingerprint density at radius 2 is 1.95 bits per heavy atom. The summed E-state index contributed by atoms with van der Waals surface area (Å²) in [6.45, 7) is 5.13. The van der Waals surface area contributed by atoms with Crippen LogP contribution in [0, 0.1) is 28.6 Å². The molecule has 3 nitrogen and oxygen atoms in total. The van der Waals surface area contributed by atoms with Crippen LogP contribution in [0.5, 0.6) is 0 Å². The average molecular weight is 265 g/mol. The molecule has 4 rings (SSSR count). The molecule has 4 saturated carbocycles. The summed E-state index contributed by atoms with van der Waals surface area (Å²) in [5.74, 6) is 2.00. The lowest BCUT2D eigenvalue weighted by Crippen LogP contribution is -2.57. The molecule has 0 aromatic carbocycles. The number of hydrogen-bond donors (Lipinski definition) is 2. The summed E-state index contributed by atoms with van der Waals surface area (Å²) in [4.78, 5) is 12.7. The molecule has 3 unspecified atom stereocenters. The summed E-state index contributed by atoms with van der Waals surface area (Å²) >= 11 is 0. The highest BCUT2D eigenvalue weighted by Gasteiger charge is 2.58. The Labute approximate surface area is 116 Å². The fourth-order valence-electron chi connectivity index (χ4n) is 5.51. The highest BCUT2D eigenvalue weighted by atomic mass is 16.3. The molecule has 0 aromatic heterocycles. The number of hydrogen-bond acceptors (Lipinski definition) is 2. The van der Waals surface area contributed by atoms with Crippen molar-refractivity contribution in [3.05, 3.63) is 0 Å². The van der Waals surface area contributed by atoms with Crippen LogP contribution in [-0.4, -0.2) is 24.2 Å². The third-order valence-electron chi connectivity index (χ3n) is 5.76. The van der Waals surface area contributed by atoms with E-state index < -0.39 is 0 Å². The van der Waals surface area contributed by atoms with Crippen molar-refractivity contribution < 1.29 is 9.90 Å². The van der Waals surface area contributed by atoms with Crippen molar-refractivity contribution in [3.63, 3.8) is 0 Å². The Balaban J connectivity index is 1.71. The molecule has 4 bridgehead atoms. The van der Waals surface area contributed by atoms with Crippen LogP contribution in [-0.2, 0) is 4.79 Å². The van der Waals surface area contributed by atoms with E-state index in [4.69, 9.17) is 5.11 Å². The molecule has 0 aliphatic heterocycles. The maximum absolute atomic E-state index is 12.7. The van der Waals surface area contributed by atoms with Gasteiger partial charge in [-0.25, -0.2) is 0 Å². The van der Waals surface area contributed by atoms with Gasteiger partial charge in [0, 0.05) is 13.2 Å². The number of aliphatic hydroxyl groups excluding tert-OH is 1. The molecule has 19 heavy (non-hydrogen) atoms. The van der Waals surface area contributed by atoms with Crippen LogP contribution < -0.4 is 5.32 Å². The first-order chi connectivity index (χ1) is 8.95. The molecule has 108 valence electrons. The van der Waals surface area contributed by atoms with Crippen molar-refractivity contribution in [1.82, 2.24) is 5.32 Å². The standard InChI is InChI=1S/C16H27NO2/c1-11(9-18)8-17-14(19)16-6-12-3-13(7-16)5-15(2,4-12)10-16/h11-13,18H,3-10H2,1-2H3,(H,17,19). The molecule has 0 heterocycles. The lowest BCUT2D eigenvalue weighted by Gasteiger charge is -2.60. The van der Waals surface area contributed by atoms with Gasteiger partial charge in [0.05, 0.1) is 5.41 Å². The second kappa shape index (κ2) is 4.47. The maximum atomic E-state index is 12.7. The summed E-state index contributed by atoms with van der Waals surface area (Å²) in [6.07, 6.45) is 7.35. The van der Waals surface area contributed by atoms with Gasteiger partial charge in [-0.3, -0.25) is 4.79 Å². The van der Waals surface area contributed by atoms with Crippen LogP contribution in [0.25, 0.3) is 0 Å². The smallest absolute Gasteiger partial charge is 0.226 e. The lowest BCUT2D eigenvalue weighted by atomic mass is 9.44. The minimum Gasteiger partial charge on any atom is -0.396 e. The van der Waals surface area contributed by atoms with Crippen molar-refractivity contribution in [3.8, 4) is 0 Å². The Morgan fingerprint density at radius 1 is 1.32 bits per heavy atom. The molecule has 4 fully saturated rings. The number of carbonyl (C=O) groups excluding carboxylic acids is 1. The van der Waals surface area contributed by atoms with Gasteiger partial charge in [-0.05, 0) is 61.7 Å². The van der Waals surface area contributed by atoms with Gasteiger partial charge >= 0.3 is 0 Å². The second-order valence-corrected chi connectivity index (χ2v) is 8.05. The lowest BCUT2D eigenvalue weighted by molar-refractivity contribution is -0.155. The molecule has 4 aliphatic rings. The van der Waals surface area contributed by atoms with Crippen LogP contribution in [0.3, 0.4) is 0 Å². The van der Waals surface area contributed by atoms with Crippen LogP contribution >= 0.6 is 0 Å². The molecule has 0 radical (unpaired) electrons. The fraction of sp³-hybridized carbons (Fsp3) is 0.938. The van der Waals surface area contributed by atoms with E-state index in [1.54, 1.807) is 0 Å². The zero-order valence-electron chi connectivity index (χ0n) is 12.2. The van der Waals surface area contributed by atoms with Crippen molar-refractivity contribution in [1.29, 1.82) is 0 Å². The largest absolute Gasteiger partial charge is 0.396 e. The van der Waals surface area contributed by atoms with Gasteiger partial charge in [0.2, 0.25) is 5.91 Å². The molecule has 0 aromatic rings. The van der Waals surface area contributed by atoms with E-state index in [1.165, 1.54) is 19.3 Å². The monoisotopic (exact) mass is 265 g/mol. The van der Waals surface area contributed by atoms with Gasteiger partial charge in [0.25, 0.3) is 0 Å².